The van der Waals surface area contributed by atoms with Gasteiger partial charge < -0.3 is 30.4 Å². The Bertz CT molecular complexity index is 2930. The van der Waals surface area contributed by atoms with Gasteiger partial charge in [0.15, 0.2) is 23.3 Å². The normalized spacial score (nSPS) is 11.1. The number of hydrogen-bond donors (Lipinski definition) is 6. The molecule has 8 aromatic rings. The maximum absolute atomic E-state index is 10.9. The third kappa shape index (κ3) is 9.17. The largest absolute Gasteiger partial charge is 0.507 e. The van der Waals surface area contributed by atoms with Crippen molar-refractivity contribution in [2.75, 3.05) is 0 Å². The monoisotopic (exact) mass is 914 g/mol. The van der Waals surface area contributed by atoms with E-state index in [1.165, 1.54) is 16.7 Å². The molecule has 0 saturated carbocycles. The standard InChI is InChI=1S/C32H18N8O4.C13H20.4Ar/c41-17-9-1-5-13-21(17)29-33-25(13)37-30-22-14(6-2-10-18(22)42)27(34-30)39-32-24-16(8-4-12-20(24)44)28(36-32)40-31-23-15(26(35-31)38-29)7-3-11-19(23)43;1-9(2)12-7-6-8-13(10(3)4)11(12)5;;;;/h1-12,41-44H,(H2,33,34,35,36,37,38,39,40);6-10H,1-5H3;;;;. The summed E-state index contributed by atoms with van der Waals surface area (Å²) < 4.78 is 0. The average Bonchev–Trinajstić information content (AvgIpc) is 3.92. The zero-order valence-corrected chi connectivity index (χ0v) is 36.0. The summed E-state index contributed by atoms with van der Waals surface area (Å²) >= 11 is 0. The number of nitrogens with zero attached hydrogens (tertiary/aromatic N) is 6. The second-order valence-electron chi connectivity index (χ2n) is 14.8. The van der Waals surface area contributed by atoms with Crippen molar-refractivity contribution in [1.82, 2.24) is 39.9 Å². The minimum absolute atomic E-state index is 0. The van der Waals surface area contributed by atoms with E-state index in [9.17, 15) is 20.4 Å². The Balaban J connectivity index is 0.000000361. The topological polar surface area (TPSA) is 190 Å². The molecule has 5 heterocycles. The number of phenolic OH excluding ortho intramolecular Hbond substituents is 4. The van der Waals surface area contributed by atoms with Crippen LogP contribution in [0.1, 0.15) is 56.2 Å². The SMILES string of the molecule is Cc1c(C(C)C)cccc1C(C)C.Oc1cccc2c1-c1nc-2nc2[nH]c(nc3nc(nc4[nH]c(n1)c1cccc(O)c41)-c1cccc(O)c1-3)c1cccc(O)c21.[Ar].[Ar].[Ar].[Ar]. The Labute approximate surface area is 470 Å². The van der Waals surface area contributed by atoms with Gasteiger partial charge in [0.1, 0.15) is 45.6 Å². The summed E-state index contributed by atoms with van der Waals surface area (Å²) in [6.07, 6.45) is 0. The molecule has 8 bridgehead atoms. The van der Waals surface area contributed by atoms with Crippen molar-refractivity contribution in [3.63, 3.8) is 0 Å². The molecule has 0 unspecified atom stereocenters. The zero-order valence-electron chi connectivity index (χ0n) is 33.2. The molecule has 314 valence electrons. The molecule has 10 rings (SSSR count). The first kappa shape index (κ1) is 49.7. The molecule has 2 aliphatic rings. The molecule has 6 N–H and O–H groups in total. The molecule has 0 saturated heterocycles. The number of hydrogen-bond acceptors (Lipinski definition) is 10. The van der Waals surface area contributed by atoms with Crippen LogP contribution in [0.4, 0.5) is 0 Å². The maximum Gasteiger partial charge on any atom is 0.168 e. The van der Waals surface area contributed by atoms with Crippen molar-refractivity contribution < 1.29 is 171 Å². The van der Waals surface area contributed by atoms with E-state index < -0.39 is 0 Å². The average molecular weight is 915 g/mol. The molecule has 12 nitrogen and oxygen atoms in total. The van der Waals surface area contributed by atoms with Crippen molar-refractivity contribution in [2.24, 2.45) is 0 Å². The number of benzene rings is 5. The molecule has 61 heavy (non-hydrogen) atoms. The van der Waals surface area contributed by atoms with Gasteiger partial charge in [0, 0.05) is 173 Å². The van der Waals surface area contributed by atoms with Gasteiger partial charge in [-0.15, -0.1) is 0 Å². The smallest absolute Gasteiger partial charge is 0.168 e. The fraction of sp³-hybridized carbons (Fsp3) is 0.156. The predicted octanol–water partition coefficient (Wildman–Crippen LogP) is 9.93. The molecular formula is C45H38Ar4N8O4. The number of aromatic nitrogens is 8. The van der Waals surface area contributed by atoms with Crippen LogP contribution in [0.15, 0.2) is 91.0 Å². The third-order valence-electron chi connectivity index (χ3n) is 10.5. The van der Waals surface area contributed by atoms with Crippen molar-refractivity contribution in [3.05, 3.63) is 108 Å². The first-order chi connectivity index (χ1) is 27.5. The molecule has 5 aromatic carbocycles. The number of nitrogens with one attached hydrogen (secondary N) is 2. The van der Waals surface area contributed by atoms with Crippen molar-refractivity contribution in [1.29, 1.82) is 0 Å². The molecule has 0 amide bonds. The van der Waals surface area contributed by atoms with E-state index in [0.717, 1.165) is 0 Å². The van der Waals surface area contributed by atoms with Crippen LogP contribution in [0.5, 0.6) is 23.0 Å². The number of phenols is 4. The third-order valence-corrected chi connectivity index (χ3v) is 10.5. The minimum atomic E-state index is -0.0360. The second-order valence-corrected chi connectivity index (χ2v) is 14.8. The molecule has 2 aliphatic heterocycles. The fourth-order valence-electron chi connectivity index (χ4n) is 7.84. The summed E-state index contributed by atoms with van der Waals surface area (Å²) in [6, 6.07) is 26.7. The fourth-order valence-corrected chi connectivity index (χ4v) is 7.84. The molecule has 16 heteroatoms. The number of H-pyrrole nitrogens is 2. The van der Waals surface area contributed by atoms with E-state index in [2.05, 4.69) is 62.8 Å². The first-order valence-corrected chi connectivity index (χ1v) is 18.7. The Hall–Kier alpha value is -2.30. The van der Waals surface area contributed by atoms with Gasteiger partial charge in [0.2, 0.25) is 0 Å². The van der Waals surface area contributed by atoms with Crippen LogP contribution in [-0.2, 0) is 0 Å². The van der Waals surface area contributed by atoms with Gasteiger partial charge >= 0.3 is 0 Å². The first-order valence-electron chi connectivity index (χ1n) is 18.7. The quantitative estimate of drug-likeness (QED) is 0.0974. The van der Waals surface area contributed by atoms with Crippen molar-refractivity contribution >= 4 is 44.1 Å². The van der Waals surface area contributed by atoms with Crippen LogP contribution in [0, 0.1) is 158 Å². The molecule has 0 spiro atoms. The summed E-state index contributed by atoms with van der Waals surface area (Å²) in [6.45, 7) is 11.3. The van der Waals surface area contributed by atoms with Gasteiger partial charge in [-0.05, 0) is 59.7 Å². The van der Waals surface area contributed by atoms with Crippen LogP contribution >= 0.6 is 0 Å². The van der Waals surface area contributed by atoms with Crippen molar-refractivity contribution in [3.8, 4) is 68.5 Å². The van der Waals surface area contributed by atoms with Crippen molar-refractivity contribution in [2.45, 2.75) is 46.5 Å². The van der Waals surface area contributed by atoms with Crippen LogP contribution < -0.4 is 0 Å². The molecule has 0 radical (unpaired) electrons. The molecule has 0 fully saturated rings. The van der Waals surface area contributed by atoms with Crippen LogP contribution in [0.3, 0.4) is 0 Å². The van der Waals surface area contributed by atoms with Gasteiger partial charge in [0.05, 0.1) is 21.9 Å². The van der Waals surface area contributed by atoms with E-state index in [1.54, 1.807) is 72.8 Å². The van der Waals surface area contributed by atoms with Gasteiger partial charge in [-0.3, -0.25) is 0 Å². The van der Waals surface area contributed by atoms with E-state index >= 15 is 0 Å². The zero-order chi connectivity index (χ0) is 39.7. The van der Waals surface area contributed by atoms with Gasteiger partial charge in [-0.2, -0.15) is 0 Å². The number of rotatable bonds is 2. The Kier molecular flexibility index (Phi) is 16.5. The Morgan fingerprint density at radius 3 is 1.15 bits per heavy atom. The van der Waals surface area contributed by atoms with E-state index in [4.69, 9.17) is 29.9 Å². The number of aromatic hydroxyl groups is 4. The van der Waals surface area contributed by atoms with E-state index in [1.807, 2.05) is 0 Å². The van der Waals surface area contributed by atoms with Crippen LogP contribution in [0.2, 0.25) is 0 Å². The van der Waals surface area contributed by atoms with E-state index in [-0.39, 0.29) is 209 Å². The summed E-state index contributed by atoms with van der Waals surface area (Å²) in [5, 5.41) is 45.5. The Morgan fingerprint density at radius 2 is 0.754 bits per heavy atom. The Morgan fingerprint density at radius 1 is 0.410 bits per heavy atom. The van der Waals surface area contributed by atoms with Crippen LogP contribution in [-0.4, -0.2) is 60.3 Å². The summed E-state index contributed by atoms with van der Waals surface area (Å²) in [4.78, 5) is 34.9. The van der Waals surface area contributed by atoms with Gasteiger partial charge in [0.25, 0.3) is 0 Å². The number of aromatic amines is 2. The predicted molar refractivity (Wildman–Crippen MR) is 222 cm³/mol. The minimum Gasteiger partial charge on any atom is -0.507 e. The molecule has 0 aliphatic carbocycles. The summed E-state index contributed by atoms with van der Waals surface area (Å²) in [5.41, 5.74) is 7.52. The summed E-state index contributed by atoms with van der Waals surface area (Å²) in [7, 11) is 0. The maximum atomic E-state index is 10.9. The van der Waals surface area contributed by atoms with Gasteiger partial charge in [-0.1, -0.05) is 94.4 Å². The molecule has 3 aromatic heterocycles. The number of fused-ring (bicyclic) bond motifs is 20. The summed E-state index contributed by atoms with van der Waals surface area (Å²) in [5.74, 6) is 2.04. The molecule has 0 atom stereocenters. The van der Waals surface area contributed by atoms with Gasteiger partial charge in [-0.25, -0.2) is 29.9 Å². The molecular weight excluding hydrogens is 876 g/mol. The van der Waals surface area contributed by atoms with E-state index in [0.29, 0.717) is 66.9 Å². The second kappa shape index (κ2) is 20.3. The van der Waals surface area contributed by atoms with Crippen LogP contribution in [0.25, 0.3) is 89.7 Å².